The Morgan fingerprint density at radius 2 is 0.767 bits per heavy atom. The van der Waals surface area contributed by atoms with E-state index in [9.17, 15) is 40.5 Å². The predicted molar refractivity (Wildman–Crippen MR) is 151 cm³/mol. The fourth-order valence-electron chi connectivity index (χ4n) is 3.37. The van der Waals surface area contributed by atoms with E-state index in [4.69, 9.17) is 23.7 Å². The van der Waals surface area contributed by atoms with Gasteiger partial charge in [-0.3, -0.25) is 40.5 Å². The first-order chi connectivity index (χ1) is 20.7. The van der Waals surface area contributed by atoms with Crippen LogP contribution in [0.1, 0.15) is 0 Å². The molecule has 0 spiro atoms. The van der Waals surface area contributed by atoms with Crippen LogP contribution < -0.4 is 10.6 Å². The highest BCUT2D eigenvalue weighted by Crippen LogP contribution is 2.29. The number of hydrogen-bond donors (Lipinski definition) is 2. The van der Waals surface area contributed by atoms with E-state index in [1.165, 1.54) is 24.3 Å². The van der Waals surface area contributed by atoms with Crippen molar-refractivity contribution in [1.29, 1.82) is 0 Å². The Balaban J connectivity index is 1.39. The number of anilines is 2. The first-order valence-electron chi connectivity index (χ1n) is 12.9. The molecular formula is C24H32N6O13. The van der Waals surface area contributed by atoms with Crippen LogP contribution >= 0.6 is 0 Å². The first-order valence-corrected chi connectivity index (χ1v) is 12.9. The van der Waals surface area contributed by atoms with Gasteiger partial charge >= 0.3 is 0 Å². The van der Waals surface area contributed by atoms with Crippen molar-refractivity contribution in [3.63, 3.8) is 0 Å². The number of hydrogen-bond acceptors (Lipinski definition) is 15. The molecular weight excluding hydrogens is 580 g/mol. The molecule has 0 aliphatic heterocycles. The van der Waals surface area contributed by atoms with Crippen LogP contribution in [0.15, 0.2) is 36.4 Å². The minimum Gasteiger partial charge on any atom is -0.377 e. The summed E-state index contributed by atoms with van der Waals surface area (Å²) in [5, 5.41) is 49.4. The highest BCUT2D eigenvalue weighted by molar-refractivity contribution is 5.66. The topological polar surface area (TPSA) is 243 Å². The smallest absolute Gasteiger partial charge is 0.299 e. The number of benzene rings is 2. The third kappa shape index (κ3) is 13.3. The van der Waals surface area contributed by atoms with E-state index in [0.29, 0.717) is 52.9 Å². The molecule has 0 unspecified atom stereocenters. The summed E-state index contributed by atoms with van der Waals surface area (Å²) in [7, 11) is 0. The number of ether oxygens (including phenoxy) is 5. The third-order valence-electron chi connectivity index (χ3n) is 5.39. The molecule has 0 atom stereocenters. The van der Waals surface area contributed by atoms with Gasteiger partial charge in [-0.1, -0.05) is 0 Å². The SMILES string of the molecule is O=[N+]([O-])c1ccc(NCCOCCOCCOCCOCCOCCNc2ccc([N+](=O)[O-])cc2[N+](=O)[O-])c([N+](=O)[O-])c1. The normalized spacial score (nSPS) is 10.8. The average molecular weight is 613 g/mol. The standard InChI is InChI=1S/C24H32N6O13/c31-27(32)19-1-3-21(23(17-19)29(35)36)25-5-7-39-9-11-41-13-15-43-16-14-42-12-10-40-8-6-26-22-4-2-20(28(33)34)18-24(22)30(37)38/h1-4,17-18,25-26H,5-16H2. The number of nitro groups is 4. The Morgan fingerprint density at radius 1 is 0.465 bits per heavy atom. The van der Waals surface area contributed by atoms with Crippen molar-refractivity contribution < 1.29 is 43.4 Å². The number of nitrogens with zero attached hydrogens (tertiary/aromatic N) is 4. The molecule has 19 heteroatoms. The van der Waals surface area contributed by atoms with Crippen LogP contribution in [-0.2, 0) is 23.7 Å². The van der Waals surface area contributed by atoms with E-state index >= 15 is 0 Å². The lowest BCUT2D eigenvalue weighted by atomic mass is 10.2. The summed E-state index contributed by atoms with van der Waals surface area (Å²) in [5.41, 5.74) is -1.19. The molecule has 0 aromatic heterocycles. The van der Waals surface area contributed by atoms with E-state index in [2.05, 4.69) is 10.6 Å². The van der Waals surface area contributed by atoms with Crippen molar-refractivity contribution in [2.45, 2.75) is 0 Å². The van der Waals surface area contributed by atoms with Crippen molar-refractivity contribution in [1.82, 2.24) is 0 Å². The van der Waals surface area contributed by atoms with Gasteiger partial charge in [-0.25, -0.2) is 0 Å². The third-order valence-corrected chi connectivity index (χ3v) is 5.39. The van der Waals surface area contributed by atoms with Crippen LogP contribution in [0, 0.1) is 40.5 Å². The summed E-state index contributed by atoms with van der Waals surface area (Å²) in [6.45, 7) is 3.65. The number of nitro benzene ring substituents is 4. The Hall–Kier alpha value is -4.56. The molecule has 0 saturated carbocycles. The van der Waals surface area contributed by atoms with Gasteiger partial charge in [-0.05, 0) is 12.1 Å². The minimum atomic E-state index is -0.700. The quantitative estimate of drug-likeness (QED) is 0.0983. The number of non-ortho nitro benzene ring substituents is 2. The molecule has 0 bridgehead atoms. The molecule has 2 N–H and O–H groups in total. The average Bonchev–Trinajstić information content (AvgIpc) is 2.98. The van der Waals surface area contributed by atoms with Gasteiger partial charge in [0.15, 0.2) is 0 Å². The molecule has 0 fully saturated rings. The second-order valence-corrected chi connectivity index (χ2v) is 8.35. The van der Waals surface area contributed by atoms with Crippen LogP contribution in [0.5, 0.6) is 0 Å². The zero-order valence-corrected chi connectivity index (χ0v) is 23.0. The van der Waals surface area contributed by atoms with Crippen molar-refractivity contribution >= 4 is 34.1 Å². The minimum absolute atomic E-state index is 0.160. The molecule has 43 heavy (non-hydrogen) atoms. The predicted octanol–water partition coefficient (Wildman–Crippen LogP) is 2.93. The fourth-order valence-corrected chi connectivity index (χ4v) is 3.37. The highest BCUT2D eigenvalue weighted by atomic mass is 16.6. The van der Waals surface area contributed by atoms with E-state index < -0.39 is 19.7 Å². The highest BCUT2D eigenvalue weighted by Gasteiger charge is 2.20. The van der Waals surface area contributed by atoms with Gasteiger partial charge in [0.25, 0.3) is 22.7 Å². The van der Waals surface area contributed by atoms with Gasteiger partial charge in [0.2, 0.25) is 0 Å². The second kappa shape index (κ2) is 19.5. The maximum atomic E-state index is 11.1. The molecule has 2 rings (SSSR count). The van der Waals surface area contributed by atoms with E-state index in [1.54, 1.807) is 0 Å². The lowest BCUT2D eigenvalue weighted by molar-refractivity contribution is -0.393. The summed E-state index contributed by atoms with van der Waals surface area (Å²) in [6, 6.07) is 6.72. The van der Waals surface area contributed by atoms with Gasteiger partial charge in [-0.15, -0.1) is 0 Å². The van der Waals surface area contributed by atoms with Crippen LogP contribution in [0.3, 0.4) is 0 Å². The molecule has 0 aliphatic rings. The summed E-state index contributed by atoms with van der Waals surface area (Å²) in [5.74, 6) is 0. The lowest BCUT2D eigenvalue weighted by Crippen LogP contribution is -2.16. The van der Waals surface area contributed by atoms with Gasteiger partial charge in [0.05, 0.1) is 97.9 Å². The Labute approximate surface area is 244 Å². The molecule has 19 nitrogen and oxygen atoms in total. The van der Waals surface area contributed by atoms with Crippen LogP contribution in [-0.4, -0.2) is 98.9 Å². The van der Waals surface area contributed by atoms with Gasteiger partial charge in [0, 0.05) is 25.2 Å². The zero-order chi connectivity index (χ0) is 31.5. The lowest BCUT2D eigenvalue weighted by Gasteiger charge is -2.09. The Bertz CT molecular complexity index is 1120. The molecule has 0 aliphatic carbocycles. The van der Waals surface area contributed by atoms with Crippen LogP contribution in [0.2, 0.25) is 0 Å². The van der Waals surface area contributed by atoms with Crippen LogP contribution in [0.25, 0.3) is 0 Å². The molecule has 0 amide bonds. The largest absolute Gasteiger partial charge is 0.377 e. The first kappa shape index (κ1) is 34.6. The molecule has 2 aromatic carbocycles. The zero-order valence-electron chi connectivity index (χ0n) is 23.0. The van der Waals surface area contributed by atoms with Gasteiger partial charge in [-0.2, -0.15) is 0 Å². The number of nitrogens with one attached hydrogen (secondary N) is 2. The molecule has 0 radical (unpaired) electrons. The van der Waals surface area contributed by atoms with Gasteiger partial charge in [0.1, 0.15) is 11.4 Å². The maximum absolute atomic E-state index is 11.1. The van der Waals surface area contributed by atoms with E-state index in [-0.39, 0.29) is 60.4 Å². The van der Waals surface area contributed by atoms with E-state index in [0.717, 1.165) is 12.1 Å². The summed E-state index contributed by atoms with van der Waals surface area (Å²) in [6.07, 6.45) is 0. The summed E-state index contributed by atoms with van der Waals surface area (Å²) >= 11 is 0. The molecule has 0 saturated heterocycles. The van der Waals surface area contributed by atoms with Crippen molar-refractivity contribution in [3.8, 4) is 0 Å². The van der Waals surface area contributed by atoms with Crippen molar-refractivity contribution in [2.75, 3.05) is 89.8 Å². The van der Waals surface area contributed by atoms with E-state index in [1.807, 2.05) is 0 Å². The number of rotatable bonds is 24. The van der Waals surface area contributed by atoms with Crippen LogP contribution in [0.4, 0.5) is 34.1 Å². The summed E-state index contributed by atoms with van der Waals surface area (Å²) < 4.78 is 26.9. The van der Waals surface area contributed by atoms with Crippen molar-refractivity contribution in [2.24, 2.45) is 0 Å². The maximum Gasteiger partial charge on any atom is 0.299 e. The van der Waals surface area contributed by atoms with Crippen molar-refractivity contribution in [3.05, 3.63) is 76.9 Å². The molecule has 0 heterocycles. The Kier molecular flexibility index (Phi) is 15.7. The summed E-state index contributed by atoms with van der Waals surface area (Å²) in [4.78, 5) is 41.0. The fraction of sp³-hybridized carbons (Fsp3) is 0.500. The molecule has 236 valence electrons. The second-order valence-electron chi connectivity index (χ2n) is 8.35. The van der Waals surface area contributed by atoms with Gasteiger partial charge < -0.3 is 34.3 Å². The molecule has 2 aromatic rings. The monoisotopic (exact) mass is 612 g/mol. The Morgan fingerprint density at radius 3 is 1.05 bits per heavy atom.